The van der Waals surface area contributed by atoms with E-state index in [4.69, 9.17) is 21.1 Å². The van der Waals surface area contributed by atoms with Crippen molar-refractivity contribution in [2.45, 2.75) is 25.7 Å². The van der Waals surface area contributed by atoms with Crippen LogP contribution in [0.5, 0.6) is 11.5 Å². The van der Waals surface area contributed by atoms with Gasteiger partial charge in [0.05, 0.1) is 29.8 Å². The molecule has 0 amide bonds. The minimum absolute atomic E-state index is 0.192. The SMILES string of the molecule is CCOc1c(Cl)cc(/C=N/NS(=O)(=O)c2cc(C)ccc2C)cc1OC. The Labute approximate surface area is 158 Å². The minimum Gasteiger partial charge on any atom is -0.493 e. The molecule has 0 fully saturated rings. The van der Waals surface area contributed by atoms with E-state index in [1.54, 1.807) is 31.2 Å². The number of nitrogens with zero attached hydrogens (tertiary/aromatic N) is 1. The van der Waals surface area contributed by atoms with Gasteiger partial charge in [-0.05, 0) is 55.7 Å². The predicted octanol–water partition coefficient (Wildman–Crippen LogP) is 3.68. The molecule has 0 aromatic heterocycles. The Morgan fingerprint density at radius 3 is 2.62 bits per heavy atom. The fraction of sp³-hybridized carbons (Fsp3) is 0.278. The summed E-state index contributed by atoms with van der Waals surface area (Å²) in [5, 5.41) is 4.19. The molecule has 2 rings (SSSR count). The summed E-state index contributed by atoms with van der Waals surface area (Å²) in [5.41, 5.74) is 2.06. The molecule has 0 aliphatic heterocycles. The van der Waals surface area contributed by atoms with Crippen LogP contribution in [0, 0.1) is 13.8 Å². The maximum absolute atomic E-state index is 12.4. The van der Waals surface area contributed by atoms with E-state index < -0.39 is 10.0 Å². The first-order valence-corrected chi connectivity index (χ1v) is 9.77. The van der Waals surface area contributed by atoms with Crippen LogP contribution in [-0.4, -0.2) is 28.3 Å². The summed E-state index contributed by atoms with van der Waals surface area (Å²) in [5.74, 6) is 0.878. The maximum atomic E-state index is 12.4. The van der Waals surface area contributed by atoms with E-state index in [1.165, 1.54) is 13.3 Å². The first-order valence-electron chi connectivity index (χ1n) is 7.91. The van der Waals surface area contributed by atoms with Crippen molar-refractivity contribution in [2.24, 2.45) is 5.10 Å². The molecule has 0 aliphatic rings. The summed E-state index contributed by atoms with van der Waals surface area (Å²) < 4.78 is 35.6. The van der Waals surface area contributed by atoms with Gasteiger partial charge in [0, 0.05) is 0 Å². The van der Waals surface area contributed by atoms with E-state index >= 15 is 0 Å². The molecular formula is C18H21ClN2O4S. The Balaban J connectivity index is 2.25. The van der Waals surface area contributed by atoms with Crippen LogP contribution in [0.1, 0.15) is 23.6 Å². The van der Waals surface area contributed by atoms with Crippen LogP contribution >= 0.6 is 11.6 Å². The molecule has 2 aromatic carbocycles. The van der Waals surface area contributed by atoms with Crippen molar-refractivity contribution in [3.63, 3.8) is 0 Å². The number of hydrogen-bond acceptors (Lipinski definition) is 5. The van der Waals surface area contributed by atoms with Gasteiger partial charge in [-0.15, -0.1) is 0 Å². The fourth-order valence-electron chi connectivity index (χ4n) is 2.31. The molecule has 0 aliphatic carbocycles. The zero-order valence-electron chi connectivity index (χ0n) is 15.0. The Hall–Kier alpha value is -2.25. The maximum Gasteiger partial charge on any atom is 0.276 e. The third-order valence-electron chi connectivity index (χ3n) is 3.56. The third kappa shape index (κ3) is 4.68. The van der Waals surface area contributed by atoms with Crippen molar-refractivity contribution in [3.8, 4) is 11.5 Å². The molecule has 0 unspecified atom stereocenters. The van der Waals surface area contributed by atoms with Gasteiger partial charge in [-0.25, -0.2) is 4.83 Å². The topological polar surface area (TPSA) is 77.0 Å². The summed E-state index contributed by atoms with van der Waals surface area (Å²) in [6, 6.07) is 8.48. The summed E-state index contributed by atoms with van der Waals surface area (Å²) in [7, 11) is -2.26. The van der Waals surface area contributed by atoms with Gasteiger partial charge in [-0.3, -0.25) is 0 Å². The smallest absolute Gasteiger partial charge is 0.276 e. The lowest BCUT2D eigenvalue weighted by Gasteiger charge is -2.12. The normalized spacial score (nSPS) is 11.6. The lowest BCUT2D eigenvalue weighted by atomic mass is 10.2. The molecule has 0 spiro atoms. The van der Waals surface area contributed by atoms with Crippen molar-refractivity contribution in [2.75, 3.05) is 13.7 Å². The van der Waals surface area contributed by atoms with E-state index in [0.29, 0.717) is 34.3 Å². The summed E-state index contributed by atoms with van der Waals surface area (Å²) in [6.07, 6.45) is 1.35. The third-order valence-corrected chi connectivity index (χ3v) is 5.21. The molecule has 8 heteroatoms. The number of sulfonamides is 1. The highest BCUT2D eigenvalue weighted by molar-refractivity contribution is 7.89. The molecule has 6 nitrogen and oxygen atoms in total. The molecule has 0 heterocycles. The molecule has 0 saturated heterocycles. The molecule has 0 atom stereocenters. The van der Waals surface area contributed by atoms with Crippen molar-refractivity contribution in [1.82, 2.24) is 4.83 Å². The zero-order chi connectivity index (χ0) is 19.3. The summed E-state index contributed by atoms with van der Waals surface area (Å²) in [6.45, 7) is 5.84. The zero-order valence-corrected chi connectivity index (χ0v) is 16.6. The molecule has 0 bridgehead atoms. The number of aryl methyl sites for hydroxylation is 2. The van der Waals surface area contributed by atoms with Crippen LogP contribution < -0.4 is 14.3 Å². The van der Waals surface area contributed by atoms with Gasteiger partial charge in [-0.2, -0.15) is 13.5 Å². The standard InChI is InChI=1S/C18H21ClN2O4S/c1-5-25-18-15(19)9-14(10-16(18)24-4)11-20-21-26(22,23)17-8-12(2)6-7-13(17)3/h6-11,21H,5H2,1-4H3/b20-11+. The second-order valence-electron chi connectivity index (χ2n) is 5.59. The first-order chi connectivity index (χ1) is 12.3. The average Bonchev–Trinajstić information content (AvgIpc) is 2.59. The highest BCUT2D eigenvalue weighted by Crippen LogP contribution is 2.36. The van der Waals surface area contributed by atoms with E-state index in [2.05, 4.69) is 9.93 Å². The highest BCUT2D eigenvalue weighted by atomic mass is 35.5. The lowest BCUT2D eigenvalue weighted by molar-refractivity contribution is 0.311. The lowest BCUT2D eigenvalue weighted by Crippen LogP contribution is -2.19. The van der Waals surface area contributed by atoms with Crippen molar-refractivity contribution in [1.29, 1.82) is 0 Å². The summed E-state index contributed by atoms with van der Waals surface area (Å²) >= 11 is 6.19. The Bertz CT molecular complexity index is 927. The van der Waals surface area contributed by atoms with Crippen molar-refractivity contribution < 1.29 is 17.9 Å². The van der Waals surface area contributed by atoms with Gasteiger partial charge in [-0.1, -0.05) is 23.7 Å². The predicted molar refractivity (Wildman–Crippen MR) is 103 cm³/mol. The number of nitrogens with one attached hydrogen (secondary N) is 1. The van der Waals surface area contributed by atoms with Gasteiger partial charge >= 0.3 is 0 Å². The van der Waals surface area contributed by atoms with Crippen LogP contribution in [0.3, 0.4) is 0 Å². The van der Waals surface area contributed by atoms with Gasteiger partial charge in [0.2, 0.25) is 0 Å². The summed E-state index contributed by atoms with van der Waals surface area (Å²) in [4.78, 5) is 2.41. The number of halogens is 1. The van der Waals surface area contributed by atoms with E-state index in [9.17, 15) is 8.42 Å². The molecule has 140 valence electrons. The highest BCUT2D eigenvalue weighted by Gasteiger charge is 2.16. The van der Waals surface area contributed by atoms with Crippen molar-refractivity contribution >= 4 is 27.8 Å². The first kappa shape index (κ1) is 20.1. The number of hydrogen-bond donors (Lipinski definition) is 1. The average molecular weight is 397 g/mol. The largest absolute Gasteiger partial charge is 0.493 e. The van der Waals surface area contributed by atoms with Crippen LogP contribution in [-0.2, 0) is 10.0 Å². The second-order valence-corrected chi connectivity index (χ2v) is 7.63. The fourth-order valence-corrected chi connectivity index (χ4v) is 3.71. The quantitative estimate of drug-likeness (QED) is 0.572. The minimum atomic E-state index is -3.76. The Morgan fingerprint density at radius 1 is 1.23 bits per heavy atom. The van der Waals surface area contributed by atoms with Crippen LogP contribution in [0.2, 0.25) is 5.02 Å². The molecular weight excluding hydrogens is 376 g/mol. The van der Waals surface area contributed by atoms with Crippen LogP contribution in [0.4, 0.5) is 0 Å². The van der Waals surface area contributed by atoms with Gasteiger partial charge < -0.3 is 9.47 Å². The van der Waals surface area contributed by atoms with Crippen LogP contribution in [0.15, 0.2) is 40.3 Å². The molecule has 1 N–H and O–H groups in total. The monoisotopic (exact) mass is 396 g/mol. The molecule has 26 heavy (non-hydrogen) atoms. The van der Waals surface area contributed by atoms with Gasteiger partial charge in [0.25, 0.3) is 10.0 Å². The second kappa shape index (κ2) is 8.42. The number of hydrazone groups is 1. The van der Waals surface area contributed by atoms with Gasteiger partial charge in [0.1, 0.15) is 0 Å². The number of methoxy groups -OCH3 is 1. The van der Waals surface area contributed by atoms with Gasteiger partial charge in [0.15, 0.2) is 11.5 Å². The number of rotatable bonds is 7. The van der Waals surface area contributed by atoms with Crippen LogP contribution in [0.25, 0.3) is 0 Å². The number of ether oxygens (including phenoxy) is 2. The Morgan fingerprint density at radius 2 is 1.96 bits per heavy atom. The van der Waals surface area contributed by atoms with E-state index in [1.807, 2.05) is 19.9 Å². The number of benzene rings is 2. The molecule has 2 aromatic rings. The molecule has 0 saturated carbocycles. The van der Waals surface area contributed by atoms with E-state index in [-0.39, 0.29) is 4.90 Å². The van der Waals surface area contributed by atoms with E-state index in [0.717, 1.165) is 5.56 Å². The Kier molecular flexibility index (Phi) is 6.50. The molecule has 0 radical (unpaired) electrons. The van der Waals surface area contributed by atoms with Crippen molar-refractivity contribution in [3.05, 3.63) is 52.0 Å².